The number of hydrogen-bond acceptors (Lipinski definition) is 5. The molecule has 0 saturated carbocycles. The van der Waals surface area contributed by atoms with Gasteiger partial charge in [-0.25, -0.2) is 8.42 Å². The number of carbonyl (C=O) groups excluding carboxylic acids is 1. The van der Waals surface area contributed by atoms with Crippen LogP contribution in [0.5, 0.6) is 11.5 Å². The molecule has 0 atom stereocenters. The Labute approximate surface area is 172 Å². The summed E-state index contributed by atoms with van der Waals surface area (Å²) in [6, 6.07) is 17.0. The van der Waals surface area contributed by atoms with E-state index in [2.05, 4.69) is 10.0 Å². The molecular weight excluding hydrogens is 416 g/mol. The predicted octanol–water partition coefficient (Wildman–Crippen LogP) is 4.12. The summed E-state index contributed by atoms with van der Waals surface area (Å²) < 4.78 is 37.8. The zero-order chi connectivity index (χ0) is 20.4. The number of sulfonamides is 1. The normalized spacial score (nSPS) is 12.4. The first-order chi connectivity index (χ1) is 13.9. The van der Waals surface area contributed by atoms with Crippen LogP contribution in [0, 0.1) is 0 Å². The monoisotopic (exact) mass is 430 g/mol. The molecule has 1 heterocycles. The summed E-state index contributed by atoms with van der Waals surface area (Å²) in [7, 11) is -3.75. The van der Waals surface area contributed by atoms with Crippen molar-refractivity contribution in [1.29, 1.82) is 0 Å². The lowest BCUT2D eigenvalue weighted by Gasteiger charge is -2.10. The second-order valence-corrected chi connectivity index (χ2v) is 8.28. The van der Waals surface area contributed by atoms with E-state index in [1.807, 2.05) is 0 Å². The van der Waals surface area contributed by atoms with E-state index in [0.29, 0.717) is 33.5 Å². The molecule has 148 valence electrons. The number of anilines is 2. The minimum atomic E-state index is -3.75. The van der Waals surface area contributed by atoms with Gasteiger partial charge in [-0.1, -0.05) is 11.6 Å². The van der Waals surface area contributed by atoms with E-state index >= 15 is 0 Å². The second-order valence-electron chi connectivity index (χ2n) is 6.16. The summed E-state index contributed by atoms with van der Waals surface area (Å²) in [6.07, 6.45) is 0. The number of nitrogens with one attached hydrogen (secondary N) is 2. The lowest BCUT2D eigenvalue weighted by Crippen LogP contribution is -2.14. The summed E-state index contributed by atoms with van der Waals surface area (Å²) >= 11 is 5.79. The van der Waals surface area contributed by atoms with Gasteiger partial charge in [-0.2, -0.15) is 0 Å². The molecule has 0 aliphatic carbocycles. The van der Waals surface area contributed by atoms with Crippen LogP contribution >= 0.6 is 11.6 Å². The van der Waals surface area contributed by atoms with Gasteiger partial charge in [0.1, 0.15) is 0 Å². The Balaban J connectivity index is 1.44. The average Bonchev–Trinajstić information content (AvgIpc) is 3.16. The van der Waals surface area contributed by atoms with E-state index in [0.717, 1.165) is 0 Å². The van der Waals surface area contributed by atoms with Crippen LogP contribution in [0.3, 0.4) is 0 Å². The molecule has 3 aromatic carbocycles. The maximum atomic E-state index is 12.4. The fourth-order valence-electron chi connectivity index (χ4n) is 2.70. The van der Waals surface area contributed by atoms with E-state index in [-0.39, 0.29) is 17.6 Å². The van der Waals surface area contributed by atoms with Crippen molar-refractivity contribution in [1.82, 2.24) is 0 Å². The van der Waals surface area contributed by atoms with Crippen LogP contribution in [0.4, 0.5) is 11.4 Å². The number of benzene rings is 3. The summed E-state index contributed by atoms with van der Waals surface area (Å²) in [5.74, 6) is 0.853. The van der Waals surface area contributed by atoms with Crippen LogP contribution in [0.1, 0.15) is 10.4 Å². The van der Waals surface area contributed by atoms with Crippen molar-refractivity contribution in [2.75, 3.05) is 16.8 Å². The predicted molar refractivity (Wildman–Crippen MR) is 109 cm³/mol. The Morgan fingerprint density at radius 3 is 2.24 bits per heavy atom. The molecule has 3 aromatic rings. The van der Waals surface area contributed by atoms with E-state index in [1.165, 1.54) is 48.5 Å². The SMILES string of the molecule is O=C(Nc1ccc2c(c1)OCO2)c1ccc(NS(=O)(=O)c2ccc(Cl)cc2)cc1. The topological polar surface area (TPSA) is 93.7 Å². The van der Waals surface area contributed by atoms with Gasteiger partial charge in [-0.15, -0.1) is 0 Å². The molecule has 4 rings (SSSR count). The fraction of sp³-hybridized carbons (Fsp3) is 0.0500. The first kappa shape index (κ1) is 19.1. The molecule has 0 unspecified atom stereocenters. The Bertz CT molecular complexity index is 1160. The summed E-state index contributed by atoms with van der Waals surface area (Å²) in [6.45, 7) is 0.153. The molecule has 0 saturated heterocycles. The molecule has 0 spiro atoms. The van der Waals surface area contributed by atoms with Crippen molar-refractivity contribution in [3.63, 3.8) is 0 Å². The van der Waals surface area contributed by atoms with Gasteiger partial charge in [0.25, 0.3) is 15.9 Å². The quantitative estimate of drug-likeness (QED) is 0.635. The Morgan fingerprint density at radius 2 is 1.52 bits per heavy atom. The summed E-state index contributed by atoms with van der Waals surface area (Å²) in [4.78, 5) is 12.5. The Morgan fingerprint density at radius 1 is 0.862 bits per heavy atom. The smallest absolute Gasteiger partial charge is 0.261 e. The molecule has 0 aromatic heterocycles. The molecule has 0 fully saturated rings. The number of amides is 1. The van der Waals surface area contributed by atoms with Crippen LogP contribution < -0.4 is 19.5 Å². The van der Waals surface area contributed by atoms with Gasteiger partial charge in [-0.3, -0.25) is 9.52 Å². The molecular formula is C20H15ClN2O5S. The third kappa shape index (κ3) is 4.28. The van der Waals surface area contributed by atoms with E-state index in [1.54, 1.807) is 18.2 Å². The Kier molecular flexibility index (Phi) is 5.04. The van der Waals surface area contributed by atoms with Crippen LogP contribution in [0.15, 0.2) is 71.6 Å². The number of carbonyl (C=O) groups is 1. The van der Waals surface area contributed by atoms with Gasteiger partial charge in [0.05, 0.1) is 4.90 Å². The van der Waals surface area contributed by atoms with Crippen molar-refractivity contribution in [2.24, 2.45) is 0 Å². The minimum absolute atomic E-state index is 0.0894. The first-order valence-corrected chi connectivity index (χ1v) is 10.4. The lowest BCUT2D eigenvalue weighted by molar-refractivity contribution is 0.102. The van der Waals surface area contributed by atoms with Crippen LogP contribution in [-0.2, 0) is 10.0 Å². The third-order valence-electron chi connectivity index (χ3n) is 4.15. The highest BCUT2D eigenvalue weighted by Crippen LogP contribution is 2.34. The number of ether oxygens (including phenoxy) is 2. The van der Waals surface area contributed by atoms with Gasteiger partial charge in [0.2, 0.25) is 6.79 Å². The van der Waals surface area contributed by atoms with Gasteiger partial charge >= 0.3 is 0 Å². The number of fused-ring (bicyclic) bond motifs is 1. The van der Waals surface area contributed by atoms with Crippen molar-refractivity contribution >= 4 is 38.9 Å². The van der Waals surface area contributed by atoms with Gasteiger partial charge < -0.3 is 14.8 Å². The van der Waals surface area contributed by atoms with Gasteiger partial charge in [-0.05, 0) is 60.7 Å². The maximum Gasteiger partial charge on any atom is 0.261 e. The van der Waals surface area contributed by atoms with Crippen molar-refractivity contribution < 1.29 is 22.7 Å². The molecule has 2 N–H and O–H groups in total. The van der Waals surface area contributed by atoms with Crippen LogP contribution in [-0.4, -0.2) is 21.1 Å². The highest BCUT2D eigenvalue weighted by molar-refractivity contribution is 7.92. The zero-order valence-electron chi connectivity index (χ0n) is 14.9. The summed E-state index contributed by atoms with van der Waals surface area (Å²) in [5.41, 5.74) is 1.27. The first-order valence-electron chi connectivity index (χ1n) is 8.50. The minimum Gasteiger partial charge on any atom is -0.454 e. The standard InChI is InChI=1S/C20H15ClN2O5S/c21-14-3-8-17(9-4-14)29(25,26)23-15-5-1-13(2-6-15)20(24)22-16-7-10-18-19(11-16)28-12-27-18/h1-11,23H,12H2,(H,22,24). The lowest BCUT2D eigenvalue weighted by atomic mass is 10.2. The highest BCUT2D eigenvalue weighted by Gasteiger charge is 2.16. The van der Waals surface area contributed by atoms with E-state index in [4.69, 9.17) is 21.1 Å². The highest BCUT2D eigenvalue weighted by atomic mass is 35.5. The van der Waals surface area contributed by atoms with Crippen molar-refractivity contribution in [3.05, 3.63) is 77.3 Å². The molecule has 0 radical (unpaired) electrons. The molecule has 1 aliphatic rings. The molecule has 1 amide bonds. The van der Waals surface area contributed by atoms with E-state index < -0.39 is 10.0 Å². The zero-order valence-corrected chi connectivity index (χ0v) is 16.5. The molecule has 1 aliphatic heterocycles. The summed E-state index contributed by atoms with van der Waals surface area (Å²) in [5, 5.41) is 3.21. The van der Waals surface area contributed by atoms with Crippen molar-refractivity contribution in [3.8, 4) is 11.5 Å². The van der Waals surface area contributed by atoms with Crippen LogP contribution in [0.25, 0.3) is 0 Å². The van der Waals surface area contributed by atoms with E-state index in [9.17, 15) is 13.2 Å². The molecule has 7 nitrogen and oxygen atoms in total. The van der Waals surface area contributed by atoms with Gasteiger partial charge in [0.15, 0.2) is 11.5 Å². The molecule has 9 heteroatoms. The largest absolute Gasteiger partial charge is 0.454 e. The maximum absolute atomic E-state index is 12.4. The third-order valence-corrected chi connectivity index (χ3v) is 5.80. The Hall–Kier alpha value is -3.23. The van der Waals surface area contributed by atoms with Crippen LogP contribution in [0.2, 0.25) is 5.02 Å². The van der Waals surface area contributed by atoms with Gasteiger partial charge in [0, 0.05) is 28.0 Å². The fourth-order valence-corrected chi connectivity index (χ4v) is 3.88. The second kappa shape index (κ2) is 7.65. The molecule has 0 bridgehead atoms. The van der Waals surface area contributed by atoms with Crippen molar-refractivity contribution in [2.45, 2.75) is 4.90 Å². The number of hydrogen-bond donors (Lipinski definition) is 2. The number of rotatable bonds is 5. The molecule has 29 heavy (non-hydrogen) atoms. The average molecular weight is 431 g/mol. The number of halogens is 1.